The summed E-state index contributed by atoms with van der Waals surface area (Å²) in [5.41, 5.74) is 1.54. The average molecular weight is 412 g/mol. The highest BCUT2D eigenvalue weighted by Gasteiger charge is 2.21. The molecule has 0 aliphatic heterocycles. The molecule has 0 aliphatic rings. The number of amides is 1. The lowest BCUT2D eigenvalue weighted by Gasteiger charge is -2.15. The normalized spacial score (nSPS) is 12.1. The minimum absolute atomic E-state index is 0.189. The summed E-state index contributed by atoms with van der Waals surface area (Å²) >= 11 is 6.89. The summed E-state index contributed by atoms with van der Waals surface area (Å²) in [7, 11) is 1.87. The third-order valence-electron chi connectivity index (χ3n) is 4.31. The van der Waals surface area contributed by atoms with Gasteiger partial charge in [0.15, 0.2) is 16.4 Å². The maximum absolute atomic E-state index is 12.9. The molecule has 0 saturated heterocycles. The molecule has 2 N–H and O–H groups in total. The number of rotatable bonds is 5. The van der Waals surface area contributed by atoms with Gasteiger partial charge in [0, 0.05) is 18.3 Å². The molecule has 142 valence electrons. The summed E-state index contributed by atoms with van der Waals surface area (Å²) in [5, 5.41) is 20.0. The third kappa shape index (κ3) is 3.39. The second kappa shape index (κ2) is 7.49. The summed E-state index contributed by atoms with van der Waals surface area (Å²) in [6, 6.07) is 10.8. The number of aryl methyl sites for hydroxylation is 1. The van der Waals surface area contributed by atoms with Crippen molar-refractivity contribution in [3.05, 3.63) is 52.9 Å². The Morgan fingerprint density at radius 1 is 1.29 bits per heavy atom. The fourth-order valence-corrected chi connectivity index (χ4v) is 3.89. The summed E-state index contributed by atoms with van der Waals surface area (Å²) < 4.78 is 3.95. The van der Waals surface area contributed by atoms with Crippen LogP contribution in [-0.4, -0.2) is 35.4 Å². The maximum Gasteiger partial charge on any atom is 0.247 e. The molecule has 3 aromatic heterocycles. The Labute approximate surface area is 169 Å². The number of carbonyl (C=O) groups is 1. The Kier molecular flexibility index (Phi) is 4.88. The fraction of sp³-hybridized carbons (Fsp3) is 0.167. The molecule has 1 unspecified atom stereocenters. The van der Waals surface area contributed by atoms with Crippen molar-refractivity contribution >= 4 is 35.1 Å². The molecule has 4 rings (SSSR count). The van der Waals surface area contributed by atoms with E-state index in [1.54, 1.807) is 29.2 Å². The standard InChI is InChI=1S/C18H17N7OS2/c1-11(25-16(22-23-18(25)27)14-7-4-8-28-14)17(26)20-13-6-3-5-12(9-13)15-21-19-10-24(15)2/h3-11H,1-2H3,(H,20,26)(H,23,27). The largest absolute Gasteiger partial charge is 0.324 e. The van der Waals surface area contributed by atoms with Gasteiger partial charge in [-0.05, 0) is 42.7 Å². The minimum atomic E-state index is -0.540. The lowest BCUT2D eigenvalue weighted by atomic mass is 10.2. The van der Waals surface area contributed by atoms with Crippen molar-refractivity contribution in [2.75, 3.05) is 5.32 Å². The van der Waals surface area contributed by atoms with Crippen molar-refractivity contribution in [2.45, 2.75) is 13.0 Å². The van der Waals surface area contributed by atoms with Crippen molar-refractivity contribution in [3.8, 4) is 22.1 Å². The summed E-state index contributed by atoms with van der Waals surface area (Å²) in [4.78, 5) is 13.8. The van der Waals surface area contributed by atoms with E-state index in [9.17, 15) is 4.79 Å². The molecule has 0 spiro atoms. The number of aromatic nitrogens is 6. The molecule has 1 atom stereocenters. The molecule has 0 radical (unpaired) electrons. The number of nitrogens with zero attached hydrogens (tertiary/aromatic N) is 5. The van der Waals surface area contributed by atoms with Crippen LogP contribution in [0.4, 0.5) is 5.69 Å². The van der Waals surface area contributed by atoms with Crippen LogP contribution in [-0.2, 0) is 11.8 Å². The summed E-state index contributed by atoms with van der Waals surface area (Å²) in [5.74, 6) is 1.18. The summed E-state index contributed by atoms with van der Waals surface area (Å²) in [6.45, 7) is 1.80. The van der Waals surface area contributed by atoms with Crippen LogP contribution in [0.3, 0.4) is 0 Å². The van der Waals surface area contributed by atoms with Gasteiger partial charge in [-0.25, -0.2) is 0 Å². The van der Waals surface area contributed by atoms with Crippen LogP contribution >= 0.6 is 23.6 Å². The third-order valence-corrected chi connectivity index (χ3v) is 5.47. The molecule has 0 fully saturated rings. The molecule has 3 heterocycles. The predicted octanol–water partition coefficient (Wildman–Crippen LogP) is 3.66. The molecule has 0 bridgehead atoms. The monoisotopic (exact) mass is 411 g/mol. The number of thiophene rings is 1. The van der Waals surface area contributed by atoms with Gasteiger partial charge < -0.3 is 9.88 Å². The van der Waals surface area contributed by atoms with Crippen molar-refractivity contribution in [3.63, 3.8) is 0 Å². The molecule has 0 aliphatic carbocycles. The van der Waals surface area contributed by atoms with Crippen LogP contribution in [0, 0.1) is 4.77 Å². The number of aromatic amines is 1. The molecule has 1 aromatic carbocycles. The highest BCUT2D eigenvalue weighted by atomic mass is 32.1. The predicted molar refractivity (Wildman–Crippen MR) is 111 cm³/mol. The molecule has 28 heavy (non-hydrogen) atoms. The van der Waals surface area contributed by atoms with Gasteiger partial charge in [0.1, 0.15) is 12.4 Å². The second-order valence-corrected chi connectivity index (χ2v) is 7.55. The van der Waals surface area contributed by atoms with Gasteiger partial charge in [-0.15, -0.1) is 21.5 Å². The quantitative estimate of drug-likeness (QED) is 0.489. The Balaban J connectivity index is 1.59. The molecule has 1 amide bonds. The van der Waals surface area contributed by atoms with E-state index in [1.807, 2.05) is 53.4 Å². The zero-order valence-electron chi connectivity index (χ0n) is 15.2. The van der Waals surface area contributed by atoms with E-state index >= 15 is 0 Å². The van der Waals surface area contributed by atoms with Crippen LogP contribution in [0.15, 0.2) is 48.1 Å². The van der Waals surface area contributed by atoms with Crippen molar-refractivity contribution in [1.82, 2.24) is 29.5 Å². The SMILES string of the molecule is CC(C(=O)Nc1cccc(-c2nncn2C)c1)n1c(-c2cccs2)n[nH]c1=S. The molecule has 8 nitrogen and oxygen atoms in total. The van der Waals surface area contributed by atoms with Crippen LogP contribution < -0.4 is 5.32 Å². The number of benzene rings is 1. The van der Waals surface area contributed by atoms with Gasteiger partial charge in [-0.2, -0.15) is 5.10 Å². The zero-order chi connectivity index (χ0) is 19.7. The first-order valence-electron chi connectivity index (χ1n) is 8.50. The first kappa shape index (κ1) is 18.3. The number of anilines is 1. The van der Waals surface area contributed by atoms with Gasteiger partial charge in [0.05, 0.1) is 4.88 Å². The molecule has 10 heteroatoms. The van der Waals surface area contributed by atoms with Gasteiger partial charge >= 0.3 is 0 Å². The van der Waals surface area contributed by atoms with E-state index in [-0.39, 0.29) is 5.91 Å². The van der Waals surface area contributed by atoms with Crippen molar-refractivity contribution < 1.29 is 4.79 Å². The number of hydrogen-bond acceptors (Lipinski definition) is 6. The van der Waals surface area contributed by atoms with E-state index < -0.39 is 6.04 Å². The first-order valence-corrected chi connectivity index (χ1v) is 9.79. The van der Waals surface area contributed by atoms with Crippen molar-refractivity contribution in [2.24, 2.45) is 7.05 Å². The summed E-state index contributed by atoms with van der Waals surface area (Å²) in [6.07, 6.45) is 1.63. The van der Waals surface area contributed by atoms with E-state index in [0.29, 0.717) is 16.3 Å². The number of nitrogens with one attached hydrogen (secondary N) is 2. The van der Waals surface area contributed by atoms with Crippen molar-refractivity contribution in [1.29, 1.82) is 0 Å². The van der Waals surface area contributed by atoms with Gasteiger partial charge in [0.2, 0.25) is 5.91 Å². The molecule has 0 saturated carbocycles. The Morgan fingerprint density at radius 2 is 2.14 bits per heavy atom. The molecular weight excluding hydrogens is 394 g/mol. The topological polar surface area (TPSA) is 93.4 Å². The second-order valence-electron chi connectivity index (χ2n) is 6.21. The van der Waals surface area contributed by atoms with E-state index in [0.717, 1.165) is 16.3 Å². The average Bonchev–Trinajstić information content (AvgIpc) is 3.42. The number of hydrogen-bond donors (Lipinski definition) is 2. The zero-order valence-corrected chi connectivity index (χ0v) is 16.8. The minimum Gasteiger partial charge on any atom is -0.324 e. The highest BCUT2D eigenvalue weighted by molar-refractivity contribution is 7.71. The van der Waals surface area contributed by atoms with Crippen LogP contribution in [0.1, 0.15) is 13.0 Å². The smallest absolute Gasteiger partial charge is 0.247 e. The first-order chi connectivity index (χ1) is 13.5. The lowest BCUT2D eigenvalue weighted by molar-refractivity contribution is -0.118. The fourth-order valence-electron chi connectivity index (χ4n) is 2.89. The molecular formula is C18H17N7OS2. The van der Waals surface area contributed by atoms with Gasteiger partial charge in [-0.1, -0.05) is 18.2 Å². The van der Waals surface area contributed by atoms with Crippen LogP contribution in [0.5, 0.6) is 0 Å². The number of carbonyl (C=O) groups excluding carboxylic acids is 1. The lowest BCUT2D eigenvalue weighted by Crippen LogP contribution is -2.24. The highest BCUT2D eigenvalue weighted by Crippen LogP contribution is 2.26. The Bertz CT molecular complexity index is 1170. The van der Waals surface area contributed by atoms with Gasteiger partial charge in [-0.3, -0.25) is 14.5 Å². The van der Waals surface area contributed by atoms with E-state index in [4.69, 9.17) is 12.2 Å². The van der Waals surface area contributed by atoms with Crippen LogP contribution in [0.2, 0.25) is 0 Å². The molecule has 4 aromatic rings. The van der Waals surface area contributed by atoms with Gasteiger partial charge in [0.25, 0.3) is 0 Å². The number of H-pyrrole nitrogens is 1. The Morgan fingerprint density at radius 3 is 2.86 bits per heavy atom. The van der Waals surface area contributed by atoms with E-state index in [2.05, 4.69) is 25.7 Å². The Hall–Kier alpha value is -3.11. The maximum atomic E-state index is 12.9. The van der Waals surface area contributed by atoms with Crippen LogP contribution in [0.25, 0.3) is 22.1 Å². The van der Waals surface area contributed by atoms with E-state index in [1.165, 1.54) is 0 Å².